The van der Waals surface area contributed by atoms with Crippen molar-refractivity contribution in [2.24, 2.45) is 5.73 Å². The number of aliphatic hydroxyl groups is 3. The van der Waals surface area contributed by atoms with E-state index in [-0.39, 0.29) is 34.4 Å². The molecule has 0 amide bonds. The van der Waals surface area contributed by atoms with Crippen LogP contribution in [0.25, 0.3) is 0 Å². The molecule has 39 heavy (non-hydrogen) atoms. The molecule has 7 N–H and O–H groups in total. The lowest BCUT2D eigenvalue weighted by Gasteiger charge is -2.42. The van der Waals surface area contributed by atoms with E-state index in [1.54, 1.807) is 6.92 Å². The van der Waals surface area contributed by atoms with Gasteiger partial charge in [0.05, 0.1) is 42.1 Å². The number of aromatic hydroxyl groups is 2. The van der Waals surface area contributed by atoms with Crippen LogP contribution in [-0.2, 0) is 20.7 Å². The second-order valence-corrected chi connectivity index (χ2v) is 10.2. The number of ketones is 3. The van der Waals surface area contributed by atoms with E-state index < -0.39 is 95.7 Å². The summed E-state index contributed by atoms with van der Waals surface area (Å²) in [4.78, 5) is 39.7. The van der Waals surface area contributed by atoms with Crippen LogP contribution in [0.5, 0.6) is 17.2 Å². The Morgan fingerprint density at radius 3 is 2.49 bits per heavy atom. The molecular formula is C27H29NO11. The Kier molecular flexibility index (Phi) is 6.74. The van der Waals surface area contributed by atoms with Gasteiger partial charge >= 0.3 is 0 Å². The molecule has 6 atom stereocenters. The van der Waals surface area contributed by atoms with E-state index in [2.05, 4.69) is 0 Å². The number of carbonyl (C=O) groups is 3. The van der Waals surface area contributed by atoms with Gasteiger partial charge in [0, 0.05) is 42.0 Å². The molecule has 0 bridgehead atoms. The molecule has 0 spiro atoms. The van der Waals surface area contributed by atoms with E-state index in [1.165, 1.54) is 25.3 Å². The summed E-state index contributed by atoms with van der Waals surface area (Å²) in [6, 6.07) is 3.64. The Balaban J connectivity index is 1.69. The van der Waals surface area contributed by atoms with Crippen LogP contribution < -0.4 is 10.5 Å². The minimum Gasteiger partial charge on any atom is -0.507 e. The van der Waals surface area contributed by atoms with Crippen molar-refractivity contribution in [1.29, 1.82) is 0 Å². The molecule has 2 aliphatic carbocycles. The number of hydrogen-bond donors (Lipinski definition) is 6. The summed E-state index contributed by atoms with van der Waals surface area (Å²) in [6.07, 6.45) is -5.12. The van der Waals surface area contributed by atoms with Crippen LogP contribution in [0.2, 0.25) is 0 Å². The van der Waals surface area contributed by atoms with Crippen molar-refractivity contribution >= 4 is 17.3 Å². The van der Waals surface area contributed by atoms with Crippen molar-refractivity contribution in [2.45, 2.75) is 62.4 Å². The van der Waals surface area contributed by atoms with Crippen LogP contribution in [0.1, 0.15) is 68.8 Å². The Labute approximate surface area is 222 Å². The van der Waals surface area contributed by atoms with E-state index in [4.69, 9.17) is 19.9 Å². The average molecular weight is 544 g/mol. The van der Waals surface area contributed by atoms with Crippen molar-refractivity contribution in [3.8, 4) is 17.2 Å². The van der Waals surface area contributed by atoms with Gasteiger partial charge in [-0.3, -0.25) is 14.4 Å². The number of methoxy groups -OCH3 is 1. The first-order valence-corrected chi connectivity index (χ1v) is 12.4. The first kappa shape index (κ1) is 27.2. The highest BCUT2D eigenvalue weighted by atomic mass is 16.7. The fraction of sp³-hybridized carbons (Fsp3) is 0.444. The van der Waals surface area contributed by atoms with Gasteiger partial charge in [-0.05, 0) is 13.0 Å². The zero-order valence-corrected chi connectivity index (χ0v) is 21.2. The van der Waals surface area contributed by atoms with Crippen LogP contribution in [0.15, 0.2) is 18.2 Å². The summed E-state index contributed by atoms with van der Waals surface area (Å²) in [5.74, 6) is -3.77. The molecule has 12 nitrogen and oxygen atoms in total. The zero-order chi connectivity index (χ0) is 28.4. The van der Waals surface area contributed by atoms with Crippen LogP contribution >= 0.6 is 0 Å². The minimum atomic E-state index is -2.24. The molecule has 0 saturated carbocycles. The monoisotopic (exact) mass is 543 g/mol. The number of aliphatic hydroxyl groups excluding tert-OH is 2. The van der Waals surface area contributed by atoms with Crippen molar-refractivity contribution in [3.63, 3.8) is 0 Å². The highest BCUT2D eigenvalue weighted by Crippen LogP contribution is 2.52. The molecule has 208 valence electrons. The molecule has 1 heterocycles. The molecule has 2 aromatic carbocycles. The molecular weight excluding hydrogens is 514 g/mol. The lowest BCUT2D eigenvalue weighted by molar-refractivity contribution is -0.247. The number of phenolic OH excluding ortho intramolecular Hbond substituents is 2. The van der Waals surface area contributed by atoms with E-state index in [0.717, 1.165) is 0 Å². The summed E-state index contributed by atoms with van der Waals surface area (Å²) in [7, 11) is 1.32. The number of fused-ring (bicyclic) bond motifs is 3. The summed E-state index contributed by atoms with van der Waals surface area (Å²) < 4.78 is 17.0. The highest BCUT2D eigenvalue weighted by molar-refractivity contribution is 6.31. The smallest absolute Gasteiger partial charge is 0.202 e. The molecule has 3 aliphatic rings. The molecule has 12 heteroatoms. The predicted molar refractivity (Wildman–Crippen MR) is 132 cm³/mol. The van der Waals surface area contributed by atoms with Crippen LogP contribution in [0, 0.1) is 0 Å². The van der Waals surface area contributed by atoms with Crippen molar-refractivity contribution in [2.75, 3.05) is 13.7 Å². The second kappa shape index (κ2) is 9.66. The maximum Gasteiger partial charge on any atom is 0.202 e. The lowest BCUT2D eigenvalue weighted by Crippen LogP contribution is -2.53. The number of carbonyl (C=O) groups excluding carboxylic acids is 3. The number of hydrogen-bond acceptors (Lipinski definition) is 12. The summed E-state index contributed by atoms with van der Waals surface area (Å²) in [5.41, 5.74) is 2.37. The van der Waals surface area contributed by atoms with Crippen LogP contribution in [0.3, 0.4) is 0 Å². The predicted octanol–water partition coefficient (Wildman–Crippen LogP) is 0.00130. The molecule has 0 aromatic heterocycles. The Bertz CT molecular complexity index is 1380. The number of benzene rings is 2. The van der Waals surface area contributed by atoms with E-state index in [0.29, 0.717) is 0 Å². The standard InChI is InChI=1S/C27H29NO11/c1-10-22(31)13(28)6-17(38-10)39-15-8-27(36,16(30)9-29)7-12-19(15)26(35)21-20(24(12)33)23(32)11-4-3-5-14(37-2)18(11)25(21)34/h3-5,10,13,15,17,22,29,31,33,35-36H,6-9,28H2,1-2H3/t10-,13-,15-,17?,22+,27-/m0/s1. The average Bonchev–Trinajstić information content (AvgIpc) is 2.90. The second-order valence-electron chi connectivity index (χ2n) is 10.2. The lowest BCUT2D eigenvalue weighted by atomic mass is 9.72. The third-order valence-corrected chi connectivity index (χ3v) is 7.81. The summed E-state index contributed by atoms with van der Waals surface area (Å²) in [6.45, 7) is 0.560. The molecule has 2 aromatic rings. The van der Waals surface area contributed by atoms with Crippen molar-refractivity contribution in [3.05, 3.63) is 51.6 Å². The Morgan fingerprint density at radius 2 is 1.85 bits per heavy atom. The zero-order valence-electron chi connectivity index (χ0n) is 21.2. The topological polar surface area (TPSA) is 206 Å². The van der Waals surface area contributed by atoms with Crippen molar-refractivity contribution < 1.29 is 54.1 Å². The minimum absolute atomic E-state index is 0.0173. The van der Waals surface area contributed by atoms with Crippen LogP contribution in [-0.4, -0.2) is 86.7 Å². The van der Waals surface area contributed by atoms with Gasteiger partial charge < -0.3 is 45.5 Å². The van der Waals surface area contributed by atoms with Gasteiger partial charge in [-0.15, -0.1) is 0 Å². The summed E-state index contributed by atoms with van der Waals surface area (Å²) >= 11 is 0. The number of rotatable bonds is 5. The Hall–Kier alpha value is -3.39. The highest BCUT2D eigenvalue weighted by Gasteiger charge is 2.50. The van der Waals surface area contributed by atoms with Crippen molar-refractivity contribution in [1.82, 2.24) is 0 Å². The van der Waals surface area contributed by atoms with Gasteiger partial charge in [-0.1, -0.05) is 12.1 Å². The molecule has 1 unspecified atom stereocenters. The number of phenols is 2. The normalized spacial score (nSPS) is 29.8. The molecule has 5 rings (SSSR count). The van der Waals surface area contributed by atoms with Gasteiger partial charge in [-0.2, -0.15) is 0 Å². The fourth-order valence-electron chi connectivity index (χ4n) is 5.75. The summed E-state index contributed by atoms with van der Waals surface area (Å²) in [5, 5.41) is 53.7. The largest absolute Gasteiger partial charge is 0.507 e. The van der Waals surface area contributed by atoms with E-state index >= 15 is 0 Å². The molecule has 0 radical (unpaired) electrons. The van der Waals surface area contributed by atoms with Gasteiger partial charge in [0.15, 0.2) is 17.9 Å². The van der Waals surface area contributed by atoms with Gasteiger partial charge in [0.2, 0.25) is 5.78 Å². The molecule has 1 saturated heterocycles. The third kappa shape index (κ3) is 4.11. The maximum atomic E-state index is 13.6. The molecule has 1 aliphatic heterocycles. The first-order valence-electron chi connectivity index (χ1n) is 12.4. The fourth-order valence-corrected chi connectivity index (χ4v) is 5.75. The van der Waals surface area contributed by atoms with Crippen LogP contribution in [0.4, 0.5) is 0 Å². The van der Waals surface area contributed by atoms with Gasteiger partial charge in [0.1, 0.15) is 29.5 Å². The SMILES string of the molecule is COc1cccc2c1C(=O)c1c(O)c3c(c(O)c1C2=O)C[C@@](O)(C(=O)CO)C[C@@H]3OC1C[C@H](N)[C@H](O)[C@H](C)O1. The van der Waals surface area contributed by atoms with E-state index in [1.807, 2.05) is 0 Å². The number of nitrogens with two attached hydrogens (primary N) is 1. The van der Waals surface area contributed by atoms with Gasteiger partial charge in [0.25, 0.3) is 0 Å². The van der Waals surface area contributed by atoms with E-state index in [9.17, 15) is 39.9 Å². The number of Topliss-reactive ketones (excluding diaryl/α,β-unsaturated/α-hetero) is 1. The third-order valence-electron chi connectivity index (χ3n) is 7.81. The molecule has 1 fully saturated rings. The van der Waals surface area contributed by atoms with Gasteiger partial charge in [-0.25, -0.2) is 0 Å². The Morgan fingerprint density at radius 1 is 1.15 bits per heavy atom. The maximum absolute atomic E-state index is 13.6. The number of ether oxygens (including phenoxy) is 3. The quantitative estimate of drug-likeness (QED) is 0.235. The first-order chi connectivity index (χ1) is 18.4.